The highest BCUT2D eigenvalue weighted by molar-refractivity contribution is 6.00. The van der Waals surface area contributed by atoms with Crippen molar-refractivity contribution < 1.29 is 43.5 Å². The Hall–Kier alpha value is -1.81. The molecule has 28 heavy (non-hydrogen) atoms. The smallest absolute Gasteiger partial charge is 0.303 e. The van der Waals surface area contributed by atoms with Crippen molar-refractivity contribution in [3.8, 4) is 0 Å². The molecule has 9 nitrogen and oxygen atoms in total. The summed E-state index contributed by atoms with van der Waals surface area (Å²) < 4.78 is 22.6. The molecule has 9 heteroatoms. The summed E-state index contributed by atoms with van der Waals surface area (Å²) in [4.78, 5) is 36.2. The van der Waals surface area contributed by atoms with Crippen LogP contribution in [0.1, 0.15) is 27.7 Å². The number of hydrogen-bond donors (Lipinski definition) is 2. The van der Waals surface area contributed by atoms with Crippen LogP contribution in [0.4, 0.5) is 0 Å². The van der Waals surface area contributed by atoms with Gasteiger partial charge >= 0.3 is 11.9 Å². The molecule has 2 bridgehead atoms. The number of ether oxygens (including phenoxy) is 4. The summed E-state index contributed by atoms with van der Waals surface area (Å²) in [5.74, 6) is -1.76. The quantitative estimate of drug-likeness (QED) is 0.468. The zero-order chi connectivity index (χ0) is 20.6. The molecule has 0 aromatic carbocycles. The fourth-order valence-corrected chi connectivity index (χ4v) is 5.56. The lowest BCUT2D eigenvalue weighted by Gasteiger charge is -2.58. The number of aliphatic hydroxyl groups excluding tert-OH is 2. The maximum atomic E-state index is 12.8. The lowest BCUT2D eigenvalue weighted by Crippen LogP contribution is -2.72. The molecule has 2 saturated heterocycles. The van der Waals surface area contributed by atoms with E-state index in [1.54, 1.807) is 19.9 Å². The van der Waals surface area contributed by atoms with Crippen molar-refractivity contribution in [1.82, 2.24) is 0 Å². The summed E-state index contributed by atoms with van der Waals surface area (Å²) in [6.45, 7) is 5.52. The van der Waals surface area contributed by atoms with E-state index in [0.717, 1.165) is 0 Å². The highest BCUT2D eigenvalue weighted by Gasteiger charge is 2.87. The van der Waals surface area contributed by atoms with Gasteiger partial charge in [0.2, 0.25) is 0 Å². The Morgan fingerprint density at radius 3 is 2.46 bits per heavy atom. The minimum absolute atomic E-state index is 0.196. The predicted molar refractivity (Wildman–Crippen MR) is 90.8 cm³/mol. The van der Waals surface area contributed by atoms with Crippen LogP contribution in [-0.2, 0) is 33.3 Å². The Morgan fingerprint density at radius 1 is 1.29 bits per heavy atom. The van der Waals surface area contributed by atoms with Crippen molar-refractivity contribution in [3.63, 3.8) is 0 Å². The van der Waals surface area contributed by atoms with Crippen molar-refractivity contribution in [3.05, 3.63) is 11.6 Å². The molecule has 154 valence electrons. The molecule has 1 spiro atoms. The van der Waals surface area contributed by atoms with Crippen LogP contribution in [-0.4, -0.2) is 77.3 Å². The highest BCUT2D eigenvalue weighted by atomic mass is 16.7. The van der Waals surface area contributed by atoms with Crippen LogP contribution in [0.2, 0.25) is 0 Å². The van der Waals surface area contributed by atoms with E-state index in [1.807, 2.05) is 0 Å². The van der Waals surface area contributed by atoms with Gasteiger partial charge in [0.1, 0.15) is 36.6 Å². The molecular formula is C19H24O9. The Bertz CT molecular complexity index is 784. The third-order valence-electron chi connectivity index (χ3n) is 7.08. The monoisotopic (exact) mass is 396 g/mol. The fraction of sp³-hybridized carbons (Fsp3) is 0.737. The second kappa shape index (κ2) is 5.85. The number of fused-ring (bicyclic) bond motifs is 2. The predicted octanol–water partition coefficient (Wildman–Crippen LogP) is -0.725. The van der Waals surface area contributed by atoms with Crippen LogP contribution >= 0.6 is 0 Å². The first-order valence-electron chi connectivity index (χ1n) is 9.21. The van der Waals surface area contributed by atoms with Gasteiger partial charge in [0.25, 0.3) is 0 Å². The number of aliphatic hydroxyl groups is 2. The zero-order valence-corrected chi connectivity index (χ0v) is 16.1. The first kappa shape index (κ1) is 19.5. The van der Waals surface area contributed by atoms with Gasteiger partial charge in [-0.25, -0.2) is 0 Å². The summed E-state index contributed by atoms with van der Waals surface area (Å²) in [7, 11) is 0. The molecule has 0 radical (unpaired) electrons. The first-order valence-corrected chi connectivity index (χ1v) is 9.21. The van der Waals surface area contributed by atoms with Gasteiger partial charge < -0.3 is 29.2 Å². The van der Waals surface area contributed by atoms with Crippen LogP contribution in [0.25, 0.3) is 0 Å². The van der Waals surface area contributed by atoms with Crippen LogP contribution in [0, 0.1) is 10.8 Å². The van der Waals surface area contributed by atoms with E-state index in [4.69, 9.17) is 18.9 Å². The Balaban J connectivity index is 1.94. The van der Waals surface area contributed by atoms with E-state index in [9.17, 15) is 24.6 Å². The van der Waals surface area contributed by atoms with Gasteiger partial charge in [-0.1, -0.05) is 6.92 Å². The molecule has 3 fully saturated rings. The lowest BCUT2D eigenvalue weighted by atomic mass is 9.50. The summed E-state index contributed by atoms with van der Waals surface area (Å²) in [5.41, 5.74) is -3.51. The molecule has 2 N–H and O–H groups in total. The number of Topliss-reactive ketones (excluding diaryl/α,β-unsaturated/α-hetero) is 1. The molecule has 0 aromatic heterocycles. The molecule has 4 rings (SSSR count). The minimum Gasteiger partial charge on any atom is -0.465 e. The van der Waals surface area contributed by atoms with Crippen molar-refractivity contribution in [1.29, 1.82) is 0 Å². The maximum absolute atomic E-state index is 12.8. The van der Waals surface area contributed by atoms with Gasteiger partial charge in [-0.05, 0) is 18.6 Å². The van der Waals surface area contributed by atoms with Gasteiger partial charge in [-0.2, -0.15) is 0 Å². The largest absolute Gasteiger partial charge is 0.465 e. The Labute approximate surface area is 161 Å². The standard InChI is InChI=1S/C19H24O9/c1-8-5-11-18(6-25-9(2)20,14(24)12(8)22)17(4)15(27-10(3)21)13(23)16(28-11)19(17)7-26-19/h5,11,13-16,23-24H,6-7H2,1-4H3. The molecule has 8 unspecified atom stereocenters. The number of hydrogen-bond acceptors (Lipinski definition) is 9. The van der Waals surface area contributed by atoms with E-state index in [1.165, 1.54) is 13.8 Å². The van der Waals surface area contributed by atoms with Crippen LogP contribution < -0.4 is 0 Å². The Morgan fingerprint density at radius 2 is 1.93 bits per heavy atom. The number of carbonyl (C=O) groups excluding carboxylic acids is 3. The molecule has 8 atom stereocenters. The van der Waals surface area contributed by atoms with Crippen LogP contribution in [0.15, 0.2) is 11.6 Å². The number of rotatable bonds is 3. The fourth-order valence-electron chi connectivity index (χ4n) is 5.56. The highest BCUT2D eigenvalue weighted by Crippen LogP contribution is 2.71. The van der Waals surface area contributed by atoms with E-state index in [0.29, 0.717) is 5.57 Å². The summed E-state index contributed by atoms with van der Waals surface area (Å²) >= 11 is 0. The van der Waals surface area contributed by atoms with E-state index >= 15 is 0 Å². The SMILES string of the molecule is CC(=O)OCC12C(C=C(C)C(=O)C1O)OC1C(O)C(OC(C)=O)C2(C)C12CO2. The average Bonchev–Trinajstić information content (AvgIpc) is 3.39. The second-order valence-corrected chi connectivity index (χ2v) is 8.32. The van der Waals surface area contributed by atoms with Crippen molar-refractivity contribution in [2.45, 2.75) is 63.8 Å². The van der Waals surface area contributed by atoms with E-state index in [2.05, 4.69) is 0 Å². The molecule has 4 aliphatic rings. The lowest BCUT2D eigenvalue weighted by molar-refractivity contribution is -0.257. The Kier molecular flexibility index (Phi) is 4.08. The molecule has 2 heterocycles. The minimum atomic E-state index is -1.60. The normalized spacial score (nSPS) is 48.7. The third-order valence-corrected chi connectivity index (χ3v) is 7.08. The van der Waals surface area contributed by atoms with Gasteiger partial charge in [-0.15, -0.1) is 0 Å². The average molecular weight is 396 g/mol. The number of carbonyl (C=O) groups is 3. The second-order valence-electron chi connectivity index (χ2n) is 8.32. The molecule has 2 aliphatic heterocycles. The maximum Gasteiger partial charge on any atom is 0.303 e. The molecule has 0 aromatic rings. The van der Waals surface area contributed by atoms with Crippen LogP contribution in [0.3, 0.4) is 0 Å². The molecule has 0 amide bonds. The van der Waals surface area contributed by atoms with E-state index in [-0.39, 0.29) is 13.2 Å². The number of esters is 2. The first-order chi connectivity index (χ1) is 13.0. The van der Waals surface area contributed by atoms with Gasteiger partial charge in [0, 0.05) is 13.8 Å². The van der Waals surface area contributed by atoms with E-state index < -0.39 is 64.7 Å². The van der Waals surface area contributed by atoms with Gasteiger partial charge in [-0.3, -0.25) is 14.4 Å². The number of epoxide rings is 1. The summed E-state index contributed by atoms with van der Waals surface area (Å²) in [5, 5.41) is 22.1. The number of ketones is 1. The van der Waals surface area contributed by atoms with Crippen molar-refractivity contribution >= 4 is 17.7 Å². The van der Waals surface area contributed by atoms with Crippen molar-refractivity contribution in [2.24, 2.45) is 10.8 Å². The summed E-state index contributed by atoms with van der Waals surface area (Å²) in [6.07, 6.45) is -4.04. The third kappa shape index (κ3) is 2.07. The van der Waals surface area contributed by atoms with Crippen molar-refractivity contribution in [2.75, 3.05) is 13.2 Å². The van der Waals surface area contributed by atoms with Gasteiger partial charge in [0.15, 0.2) is 5.78 Å². The summed E-state index contributed by atoms with van der Waals surface area (Å²) in [6, 6.07) is 0. The molecule has 2 aliphatic carbocycles. The zero-order valence-electron chi connectivity index (χ0n) is 16.1. The van der Waals surface area contributed by atoms with Crippen LogP contribution in [0.5, 0.6) is 0 Å². The van der Waals surface area contributed by atoms with Gasteiger partial charge in [0.05, 0.1) is 23.5 Å². The topological polar surface area (TPSA) is 132 Å². The molecular weight excluding hydrogens is 372 g/mol. The molecule has 1 saturated carbocycles.